The van der Waals surface area contributed by atoms with E-state index in [2.05, 4.69) is 10.3 Å². The molecule has 4 heterocycles. The van der Waals surface area contributed by atoms with Crippen LogP contribution in [0.5, 0.6) is 0 Å². The lowest BCUT2D eigenvalue weighted by Gasteiger charge is -2.26. The molecule has 1 saturated heterocycles. The second-order valence-corrected chi connectivity index (χ2v) is 7.18. The number of aromatic nitrogens is 2. The quantitative estimate of drug-likeness (QED) is 0.865. The van der Waals surface area contributed by atoms with Gasteiger partial charge in [-0.2, -0.15) is 0 Å². The molecule has 2 aliphatic rings. The number of hydrogen-bond acceptors (Lipinski definition) is 3. The SMILES string of the molecule is O=C(c1cnc2c(c1)c(Cl)cn2C1=CC(Cl)=CNC1)N1CCCCC1. The molecule has 2 aliphatic heterocycles. The smallest absolute Gasteiger partial charge is 0.255 e. The molecule has 4 rings (SSSR count). The van der Waals surface area contributed by atoms with Crippen LogP contribution in [0.15, 0.2) is 35.8 Å². The first kappa shape index (κ1) is 16.5. The van der Waals surface area contributed by atoms with Crippen LogP contribution >= 0.6 is 23.2 Å². The molecule has 2 aromatic heterocycles. The van der Waals surface area contributed by atoms with Gasteiger partial charge >= 0.3 is 0 Å². The Kier molecular flexibility index (Phi) is 4.44. The molecule has 2 aromatic rings. The van der Waals surface area contributed by atoms with E-state index in [0.717, 1.165) is 42.7 Å². The highest BCUT2D eigenvalue weighted by Crippen LogP contribution is 2.29. The topological polar surface area (TPSA) is 50.2 Å². The minimum Gasteiger partial charge on any atom is -0.384 e. The molecule has 0 saturated carbocycles. The van der Waals surface area contributed by atoms with Crippen molar-refractivity contribution in [1.29, 1.82) is 0 Å². The minimum atomic E-state index is 0.0300. The van der Waals surface area contributed by atoms with Crippen molar-refractivity contribution in [2.45, 2.75) is 19.3 Å². The van der Waals surface area contributed by atoms with E-state index < -0.39 is 0 Å². The summed E-state index contributed by atoms with van der Waals surface area (Å²) in [5, 5.41) is 5.08. The molecule has 1 fully saturated rings. The molecule has 0 spiro atoms. The van der Waals surface area contributed by atoms with Crippen LogP contribution in [0.1, 0.15) is 29.6 Å². The van der Waals surface area contributed by atoms with Gasteiger partial charge in [0.25, 0.3) is 5.91 Å². The van der Waals surface area contributed by atoms with Crippen LogP contribution < -0.4 is 5.32 Å². The third kappa shape index (κ3) is 3.14. The Bertz CT molecular complexity index is 894. The van der Waals surface area contributed by atoms with E-state index in [4.69, 9.17) is 23.2 Å². The van der Waals surface area contributed by atoms with Crippen molar-refractivity contribution < 1.29 is 4.79 Å². The first-order valence-electron chi connectivity index (χ1n) is 8.39. The maximum absolute atomic E-state index is 12.7. The average Bonchev–Trinajstić information content (AvgIpc) is 2.98. The summed E-state index contributed by atoms with van der Waals surface area (Å²) in [4.78, 5) is 19.1. The van der Waals surface area contributed by atoms with Crippen LogP contribution in [0, 0.1) is 0 Å². The highest BCUT2D eigenvalue weighted by atomic mass is 35.5. The lowest BCUT2D eigenvalue weighted by molar-refractivity contribution is 0.0724. The standard InChI is InChI=1S/C18H18Cl2N4O/c19-13-7-14(10-21-9-13)24-11-16(20)15-6-12(8-22-17(15)24)18(25)23-4-2-1-3-5-23/h6-9,11,21H,1-5,10H2. The highest BCUT2D eigenvalue weighted by Gasteiger charge is 2.20. The fourth-order valence-corrected chi connectivity index (χ4v) is 3.78. The number of carbonyl (C=O) groups excluding carboxylic acids is 1. The van der Waals surface area contributed by atoms with Gasteiger partial charge in [-0.25, -0.2) is 4.98 Å². The number of hydrogen-bond donors (Lipinski definition) is 1. The molecule has 0 aliphatic carbocycles. The van der Waals surface area contributed by atoms with E-state index in [9.17, 15) is 4.79 Å². The molecule has 130 valence electrons. The maximum Gasteiger partial charge on any atom is 0.255 e. The Morgan fingerprint density at radius 3 is 2.76 bits per heavy atom. The second-order valence-electron chi connectivity index (χ2n) is 6.34. The zero-order valence-corrected chi connectivity index (χ0v) is 15.1. The summed E-state index contributed by atoms with van der Waals surface area (Å²) >= 11 is 12.5. The van der Waals surface area contributed by atoms with Crippen LogP contribution in [-0.4, -0.2) is 40.0 Å². The van der Waals surface area contributed by atoms with Crippen LogP contribution in [-0.2, 0) is 0 Å². The number of nitrogens with zero attached hydrogens (tertiary/aromatic N) is 3. The fraction of sp³-hybridized carbons (Fsp3) is 0.333. The van der Waals surface area contributed by atoms with Gasteiger partial charge in [0.2, 0.25) is 0 Å². The van der Waals surface area contributed by atoms with Crippen LogP contribution in [0.2, 0.25) is 5.02 Å². The van der Waals surface area contributed by atoms with E-state index >= 15 is 0 Å². The van der Waals surface area contributed by atoms with Gasteiger partial charge in [-0.15, -0.1) is 0 Å². The lowest BCUT2D eigenvalue weighted by Crippen LogP contribution is -2.35. The van der Waals surface area contributed by atoms with Gasteiger partial charge in [-0.1, -0.05) is 23.2 Å². The van der Waals surface area contributed by atoms with Crippen molar-refractivity contribution in [1.82, 2.24) is 19.8 Å². The van der Waals surface area contributed by atoms with Crippen LogP contribution in [0.3, 0.4) is 0 Å². The first-order valence-corrected chi connectivity index (χ1v) is 9.15. The summed E-state index contributed by atoms with van der Waals surface area (Å²) in [6.45, 7) is 2.26. The van der Waals surface area contributed by atoms with Crippen molar-refractivity contribution in [3.63, 3.8) is 0 Å². The van der Waals surface area contributed by atoms with Gasteiger partial charge in [-0.3, -0.25) is 4.79 Å². The third-order valence-electron chi connectivity index (χ3n) is 4.62. The predicted octanol–water partition coefficient (Wildman–Crippen LogP) is 3.84. The van der Waals surface area contributed by atoms with E-state index in [1.165, 1.54) is 6.42 Å². The summed E-state index contributed by atoms with van der Waals surface area (Å²) in [6, 6.07) is 1.84. The molecule has 5 nitrogen and oxygen atoms in total. The highest BCUT2D eigenvalue weighted by molar-refractivity contribution is 6.35. The average molecular weight is 377 g/mol. The maximum atomic E-state index is 12.7. The molecule has 1 amide bonds. The van der Waals surface area contributed by atoms with E-state index in [0.29, 0.717) is 22.2 Å². The number of pyridine rings is 1. The number of dihydropyridines is 1. The first-order chi connectivity index (χ1) is 12.1. The van der Waals surface area contributed by atoms with E-state index in [-0.39, 0.29) is 5.91 Å². The van der Waals surface area contributed by atoms with Crippen molar-refractivity contribution in [2.24, 2.45) is 0 Å². The number of allylic oxidation sites excluding steroid dienone is 2. The number of halogens is 2. The van der Waals surface area contributed by atoms with E-state index in [1.54, 1.807) is 12.4 Å². The third-order valence-corrected chi connectivity index (χ3v) is 5.14. The Labute approximate surface area is 155 Å². The van der Waals surface area contributed by atoms with Gasteiger partial charge in [0.05, 0.1) is 22.2 Å². The molecule has 0 radical (unpaired) electrons. The summed E-state index contributed by atoms with van der Waals surface area (Å²) in [5.41, 5.74) is 2.26. The summed E-state index contributed by atoms with van der Waals surface area (Å²) in [7, 11) is 0. The number of fused-ring (bicyclic) bond motifs is 1. The van der Waals surface area contributed by atoms with Gasteiger partial charge < -0.3 is 14.8 Å². The molecule has 0 atom stereocenters. The summed E-state index contributed by atoms with van der Waals surface area (Å²) in [5.74, 6) is 0.0300. The molecule has 1 N–H and O–H groups in total. The van der Waals surface area contributed by atoms with Gasteiger partial charge in [0.1, 0.15) is 5.65 Å². The van der Waals surface area contributed by atoms with Crippen molar-refractivity contribution in [3.05, 3.63) is 46.4 Å². The molecule has 25 heavy (non-hydrogen) atoms. The molecule has 0 unspecified atom stereocenters. The Morgan fingerprint density at radius 2 is 2.00 bits per heavy atom. The molecular formula is C18H18Cl2N4O. The van der Waals surface area contributed by atoms with Gasteiger partial charge in [0.15, 0.2) is 0 Å². The number of nitrogens with one attached hydrogen (secondary N) is 1. The van der Waals surface area contributed by atoms with E-state index in [1.807, 2.05) is 27.8 Å². The minimum absolute atomic E-state index is 0.0300. The summed E-state index contributed by atoms with van der Waals surface area (Å²) in [6.07, 6.45) is 10.4. The lowest BCUT2D eigenvalue weighted by atomic mass is 10.1. The number of rotatable bonds is 2. The zero-order valence-electron chi connectivity index (χ0n) is 13.6. The number of amides is 1. The zero-order chi connectivity index (χ0) is 17.4. The van der Waals surface area contributed by atoms with Gasteiger partial charge in [-0.05, 0) is 31.4 Å². The van der Waals surface area contributed by atoms with Crippen molar-refractivity contribution >= 4 is 45.8 Å². The summed E-state index contributed by atoms with van der Waals surface area (Å²) < 4.78 is 1.91. The Morgan fingerprint density at radius 1 is 1.20 bits per heavy atom. The fourth-order valence-electron chi connectivity index (χ4n) is 3.34. The van der Waals surface area contributed by atoms with Crippen molar-refractivity contribution in [2.75, 3.05) is 19.6 Å². The number of piperidine rings is 1. The monoisotopic (exact) mass is 376 g/mol. The Balaban J connectivity index is 1.71. The number of carbonyl (C=O) groups is 1. The molecular weight excluding hydrogens is 359 g/mol. The van der Waals surface area contributed by atoms with Crippen LogP contribution in [0.4, 0.5) is 0 Å². The second kappa shape index (κ2) is 6.73. The molecule has 0 bridgehead atoms. The normalized spacial score (nSPS) is 17.9. The largest absolute Gasteiger partial charge is 0.384 e. The number of likely N-dealkylation sites (tertiary alicyclic amines) is 1. The Hall–Kier alpha value is -1.98. The van der Waals surface area contributed by atoms with Crippen molar-refractivity contribution in [3.8, 4) is 0 Å². The molecule has 0 aromatic carbocycles. The van der Waals surface area contributed by atoms with Crippen LogP contribution in [0.25, 0.3) is 16.7 Å². The predicted molar refractivity (Wildman–Crippen MR) is 101 cm³/mol. The van der Waals surface area contributed by atoms with Gasteiger partial charge in [0, 0.05) is 42.8 Å². The molecule has 7 heteroatoms.